The molecule has 1 unspecified atom stereocenters. The van der Waals surface area contributed by atoms with Crippen molar-refractivity contribution in [3.05, 3.63) is 29.3 Å². The molecule has 0 aliphatic carbocycles. The number of ether oxygens (including phenoxy) is 2. The molecule has 9 heteroatoms. The van der Waals surface area contributed by atoms with Gasteiger partial charge in [-0.25, -0.2) is 0 Å². The number of aliphatic hydroxyl groups is 1. The Morgan fingerprint density at radius 3 is 2.49 bits per heavy atom. The number of nitrogens with two attached hydrogens (primary N) is 1. The van der Waals surface area contributed by atoms with Gasteiger partial charge in [-0.1, -0.05) is 59.6 Å². The van der Waals surface area contributed by atoms with Crippen molar-refractivity contribution >= 4 is 23.8 Å². The molecule has 1 rings (SSSR count). The van der Waals surface area contributed by atoms with Crippen LogP contribution in [0, 0.1) is 22.7 Å². The van der Waals surface area contributed by atoms with Crippen molar-refractivity contribution in [2.24, 2.45) is 23.0 Å². The fourth-order valence-electron chi connectivity index (χ4n) is 4.59. The van der Waals surface area contributed by atoms with Gasteiger partial charge in [-0.3, -0.25) is 9.59 Å². The normalized spacial score (nSPS) is 14.8. The molecular formula is C30H52N4O5. The zero-order valence-corrected chi connectivity index (χ0v) is 25.0. The van der Waals surface area contributed by atoms with Gasteiger partial charge in [-0.15, -0.1) is 0 Å². The summed E-state index contributed by atoms with van der Waals surface area (Å²) in [5.41, 5.74) is 8.22. The fourth-order valence-corrected chi connectivity index (χ4v) is 4.59. The number of aliphatic hydroxyl groups excluding tert-OH is 1. The Balaban J connectivity index is 3.09. The first kappa shape index (κ1) is 34.5. The smallest absolute Gasteiger partial charge is 0.303 e. The Morgan fingerprint density at radius 2 is 1.92 bits per heavy atom. The van der Waals surface area contributed by atoms with Crippen LogP contribution in [-0.2, 0) is 19.1 Å². The summed E-state index contributed by atoms with van der Waals surface area (Å²) in [5, 5.41) is 24.8. The molecule has 222 valence electrons. The van der Waals surface area contributed by atoms with Gasteiger partial charge in [-0.2, -0.15) is 0 Å². The number of carbonyl (C=O) groups excluding carboxylic acids is 2. The third-order valence-electron chi connectivity index (χ3n) is 7.22. The van der Waals surface area contributed by atoms with Crippen LogP contribution in [0.1, 0.15) is 90.9 Å². The van der Waals surface area contributed by atoms with Crippen molar-refractivity contribution in [3.63, 3.8) is 0 Å². The quantitative estimate of drug-likeness (QED) is 0.0977. The van der Waals surface area contributed by atoms with Gasteiger partial charge in [-0.05, 0) is 36.8 Å². The standard InChI is InChI=1S/C30H52N4O5/c1-8-9-13-30(5,6)29(37)34-19-27(36)25(32)17-24(20(2)3)28(39-21(4)35)22-11-12-23(18-31)26(16-22)33-14-10-15-38-7/h11-12,16,18,20,24-25,27-28,31,33,36H,8-10,13-15,17,19,32H2,1-7H3,(H,34,37)/t24-,25-,27-,28?/m0/s1. The molecule has 0 aliphatic heterocycles. The number of hydrogen-bond donors (Lipinski definition) is 5. The summed E-state index contributed by atoms with van der Waals surface area (Å²) in [5.74, 6) is -0.623. The third-order valence-corrected chi connectivity index (χ3v) is 7.22. The SMILES string of the molecule is CCCCC(C)(C)C(=O)NC[C@H](O)[C@@H](N)C[C@@H](C(C)C)C(OC(C)=O)c1ccc(C=N)c(NCCCOC)c1. The number of methoxy groups -OCH3 is 1. The lowest BCUT2D eigenvalue weighted by Gasteiger charge is -2.34. The van der Waals surface area contributed by atoms with Gasteiger partial charge in [0, 0.05) is 68.6 Å². The Bertz CT molecular complexity index is 905. The number of hydrogen-bond acceptors (Lipinski definition) is 8. The number of anilines is 1. The molecule has 4 atom stereocenters. The fraction of sp³-hybridized carbons (Fsp3) is 0.700. The van der Waals surface area contributed by atoms with E-state index in [1.807, 2.05) is 45.9 Å². The molecule has 0 fully saturated rings. The van der Waals surface area contributed by atoms with E-state index in [9.17, 15) is 14.7 Å². The van der Waals surface area contributed by atoms with Crippen LogP contribution in [0.2, 0.25) is 0 Å². The molecule has 0 saturated carbocycles. The molecule has 1 amide bonds. The Kier molecular flexibility index (Phi) is 15.3. The minimum absolute atomic E-state index is 0.0577. The van der Waals surface area contributed by atoms with E-state index in [1.165, 1.54) is 13.1 Å². The summed E-state index contributed by atoms with van der Waals surface area (Å²) >= 11 is 0. The third kappa shape index (κ3) is 11.6. The summed E-state index contributed by atoms with van der Waals surface area (Å²) in [6, 6.07) is 4.97. The average Bonchev–Trinajstić information content (AvgIpc) is 2.89. The van der Waals surface area contributed by atoms with E-state index in [-0.39, 0.29) is 24.3 Å². The first-order valence-corrected chi connectivity index (χ1v) is 14.1. The Morgan fingerprint density at radius 1 is 1.23 bits per heavy atom. The molecule has 0 aromatic heterocycles. The number of nitrogens with one attached hydrogen (secondary N) is 3. The molecule has 0 bridgehead atoms. The molecule has 6 N–H and O–H groups in total. The highest BCUT2D eigenvalue weighted by Crippen LogP contribution is 2.37. The van der Waals surface area contributed by atoms with Crippen LogP contribution in [-0.4, -0.2) is 62.1 Å². The average molecular weight is 549 g/mol. The molecule has 9 nitrogen and oxygen atoms in total. The van der Waals surface area contributed by atoms with Gasteiger partial charge in [0.1, 0.15) is 6.10 Å². The monoisotopic (exact) mass is 548 g/mol. The Hall–Kier alpha value is -2.49. The van der Waals surface area contributed by atoms with E-state index in [4.69, 9.17) is 20.6 Å². The summed E-state index contributed by atoms with van der Waals surface area (Å²) in [4.78, 5) is 24.8. The molecule has 0 heterocycles. The molecule has 39 heavy (non-hydrogen) atoms. The second-order valence-electron chi connectivity index (χ2n) is 11.4. The van der Waals surface area contributed by atoms with Gasteiger partial charge < -0.3 is 36.4 Å². The van der Waals surface area contributed by atoms with Crippen LogP contribution in [0.5, 0.6) is 0 Å². The number of carbonyl (C=O) groups is 2. The summed E-state index contributed by atoms with van der Waals surface area (Å²) in [6.45, 7) is 12.7. The largest absolute Gasteiger partial charge is 0.457 e. The van der Waals surface area contributed by atoms with Gasteiger partial charge in [0.05, 0.1) is 6.10 Å². The molecular weight excluding hydrogens is 496 g/mol. The number of rotatable bonds is 19. The highest BCUT2D eigenvalue weighted by molar-refractivity contribution is 5.86. The van der Waals surface area contributed by atoms with Crippen LogP contribution in [0.25, 0.3) is 0 Å². The van der Waals surface area contributed by atoms with E-state index in [0.717, 1.165) is 42.5 Å². The number of amides is 1. The molecule has 1 aromatic rings. The van der Waals surface area contributed by atoms with Gasteiger partial charge in [0.15, 0.2) is 0 Å². The first-order chi connectivity index (χ1) is 18.4. The van der Waals surface area contributed by atoms with Crippen LogP contribution in [0.4, 0.5) is 5.69 Å². The van der Waals surface area contributed by atoms with Crippen LogP contribution in [0.15, 0.2) is 18.2 Å². The first-order valence-electron chi connectivity index (χ1n) is 14.1. The van der Waals surface area contributed by atoms with Gasteiger partial charge in [0.25, 0.3) is 0 Å². The Labute approximate surface area is 235 Å². The second kappa shape index (κ2) is 17.3. The van der Waals surface area contributed by atoms with Crippen LogP contribution >= 0.6 is 0 Å². The highest BCUT2D eigenvalue weighted by Gasteiger charge is 2.33. The summed E-state index contributed by atoms with van der Waals surface area (Å²) < 4.78 is 11.0. The molecule has 0 aliphatic rings. The second-order valence-corrected chi connectivity index (χ2v) is 11.4. The van der Waals surface area contributed by atoms with Crippen LogP contribution in [0.3, 0.4) is 0 Å². The minimum atomic E-state index is -0.951. The van der Waals surface area contributed by atoms with E-state index < -0.39 is 29.6 Å². The van der Waals surface area contributed by atoms with E-state index in [0.29, 0.717) is 19.6 Å². The summed E-state index contributed by atoms with van der Waals surface area (Å²) in [6.07, 6.45) is 3.68. The minimum Gasteiger partial charge on any atom is -0.457 e. The van der Waals surface area contributed by atoms with Crippen molar-refractivity contribution in [2.45, 2.75) is 91.9 Å². The van der Waals surface area contributed by atoms with Crippen molar-refractivity contribution < 1.29 is 24.2 Å². The summed E-state index contributed by atoms with van der Waals surface area (Å²) in [7, 11) is 1.66. The van der Waals surface area contributed by atoms with E-state index in [2.05, 4.69) is 17.6 Å². The lowest BCUT2D eigenvalue weighted by molar-refractivity contribution is -0.151. The topological polar surface area (TPSA) is 147 Å². The molecule has 0 radical (unpaired) electrons. The van der Waals surface area contributed by atoms with Crippen molar-refractivity contribution in [3.8, 4) is 0 Å². The van der Waals surface area contributed by atoms with E-state index in [1.54, 1.807) is 7.11 Å². The van der Waals surface area contributed by atoms with Gasteiger partial charge >= 0.3 is 5.97 Å². The lowest BCUT2D eigenvalue weighted by Crippen LogP contribution is -2.47. The lowest BCUT2D eigenvalue weighted by atomic mass is 9.80. The maximum Gasteiger partial charge on any atom is 0.303 e. The predicted octanol–water partition coefficient (Wildman–Crippen LogP) is 4.42. The van der Waals surface area contributed by atoms with Crippen molar-refractivity contribution in [1.82, 2.24) is 5.32 Å². The molecule has 1 aromatic carbocycles. The zero-order chi connectivity index (χ0) is 29.6. The highest BCUT2D eigenvalue weighted by atomic mass is 16.5. The maximum atomic E-state index is 12.7. The van der Waals surface area contributed by atoms with Crippen molar-refractivity contribution in [2.75, 3.05) is 32.1 Å². The van der Waals surface area contributed by atoms with E-state index >= 15 is 0 Å². The number of unbranched alkanes of at least 4 members (excludes halogenated alkanes) is 1. The van der Waals surface area contributed by atoms with Gasteiger partial charge in [0.2, 0.25) is 5.91 Å². The zero-order valence-electron chi connectivity index (χ0n) is 25.0. The number of esters is 1. The molecule has 0 saturated heterocycles. The van der Waals surface area contributed by atoms with Crippen molar-refractivity contribution in [1.29, 1.82) is 5.41 Å². The predicted molar refractivity (Wildman–Crippen MR) is 157 cm³/mol. The molecule has 0 spiro atoms. The maximum absolute atomic E-state index is 12.7. The van der Waals surface area contributed by atoms with Crippen LogP contribution < -0.4 is 16.4 Å². The number of benzene rings is 1.